The van der Waals surface area contributed by atoms with Gasteiger partial charge < -0.3 is 9.72 Å². The molecule has 1 aliphatic heterocycles. The molecule has 0 spiro atoms. The van der Waals surface area contributed by atoms with Crippen molar-refractivity contribution in [1.82, 2.24) is 15.0 Å². The van der Waals surface area contributed by atoms with Gasteiger partial charge in [0.2, 0.25) is 0 Å². The normalized spacial score (nSPS) is 17.1. The fraction of sp³-hybridized carbons (Fsp3) is 0.250. The molecule has 0 atom stereocenters. The van der Waals surface area contributed by atoms with E-state index in [0.717, 1.165) is 11.3 Å². The molecule has 1 saturated heterocycles. The minimum Gasteiger partial charge on any atom is -0.377 e. The summed E-state index contributed by atoms with van der Waals surface area (Å²) < 4.78 is 5.11. The number of H-pyrrole nitrogens is 1. The molecular weight excluding hydrogens is 216 g/mol. The summed E-state index contributed by atoms with van der Waals surface area (Å²) in [6.07, 6.45) is 5.38. The van der Waals surface area contributed by atoms with Crippen LogP contribution in [0.1, 0.15) is 5.82 Å². The first-order chi connectivity index (χ1) is 8.34. The third-order valence-electron chi connectivity index (χ3n) is 2.89. The fourth-order valence-electron chi connectivity index (χ4n) is 1.78. The maximum Gasteiger partial charge on any atom is 0.163 e. The summed E-state index contributed by atoms with van der Waals surface area (Å²) >= 11 is 0. The Hall–Kier alpha value is -2.19. The first-order valence-electron chi connectivity index (χ1n) is 5.30. The third-order valence-corrected chi connectivity index (χ3v) is 2.89. The molecule has 17 heavy (non-hydrogen) atoms. The lowest BCUT2D eigenvalue weighted by atomic mass is 9.87. The molecule has 84 valence electrons. The molecule has 2 aromatic heterocycles. The number of nitrogens with one attached hydrogen (secondary N) is 1. The van der Waals surface area contributed by atoms with Gasteiger partial charge in [-0.3, -0.25) is 0 Å². The van der Waals surface area contributed by atoms with E-state index in [9.17, 15) is 5.26 Å². The van der Waals surface area contributed by atoms with Crippen LogP contribution >= 0.6 is 0 Å². The molecule has 3 rings (SSSR count). The second-order valence-electron chi connectivity index (χ2n) is 4.05. The lowest BCUT2D eigenvalue weighted by Crippen LogP contribution is -2.46. The van der Waals surface area contributed by atoms with Crippen LogP contribution in [0, 0.1) is 11.3 Å². The van der Waals surface area contributed by atoms with E-state index in [-0.39, 0.29) is 0 Å². The Balaban J connectivity index is 2.03. The van der Waals surface area contributed by atoms with Gasteiger partial charge in [0.15, 0.2) is 11.2 Å². The Kier molecular flexibility index (Phi) is 2.16. The molecule has 0 radical (unpaired) electrons. The molecule has 1 fully saturated rings. The van der Waals surface area contributed by atoms with Gasteiger partial charge in [0, 0.05) is 24.2 Å². The predicted molar refractivity (Wildman–Crippen MR) is 59.9 cm³/mol. The van der Waals surface area contributed by atoms with E-state index >= 15 is 0 Å². The molecule has 5 heteroatoms. The summed E-state index contributed by atoms with van der Waals surface area (Å²) in [4.78, 5) is 11.6. The van der Waals surface area contributed by atoms with Crippen LogP contribution in [0.4, 0.5) is 0 Å². The maximum absolute atomic E-state index is 9.20. The molecule has 5 nitrogen and oxygen atoms in total. The Morgan fingerprint density at radius 1 is 1.41 bits per heavy atom. The molecular formula is C12H10N4O. The third kappa shape index (κ3) is 1.50. The number of ether oxygens (including phenoxy) is 1. The molecule has 3 heterocycles. The van der Waals surface area contributed by atoms with Crippen LogP contribution in [0.3, 0.4) is 0 Å². The number of aromatic amines is 1. The Labute approximate surface area is 98.1 Å². The molecule has 1 aliphatic rings. The minimum absolute atomic E-state index is 0.375. The van der Waals surface area contributed by atoms with Gasteiger partial charge in [-0.05, 0) is 12.1 Å². The highest BCUT2D eigenvalue weighted by atomic mass is 16.5. The van der Waals surface area contributed by atoms with Crippen molar-refractivity contribution < 1.29 is 4.74 Å². The Bertz CT molecular complexity index is 566. The molecule has 0 bridgehead atoms. The Morgan fingerprint density at radius 3 is 2.88 bits per heavy atom. The van der Waals surface area contributed by atoms with Gasteiger partial charge in [0.05, 0.1) is 25.0 Å². The van der Waals surface area contributed by atoms with Crippen LogP contribution in [0.2, 0.25) is 0 Å². The van der Waals surface area contributed by atoms with Crippen LogP contribution in [-0.4, -0.2) is 28.2 Å². The van der Waals surface area contributed by atoms with E-state index in [4.69, 9.17) is 4.74 Å². The second kappa shape index (κ2) is 3.68. The lowest BCUT2D eigenvalue weighted by molar-refractivity contribution is -0.0338. The highest BCUT2D eigenvalue weighted by molar-refractivity contribution is 5.57. The van der Waals surface area contributed by atoms with Crippen molar-refractivity contribution in [3.63, 3.8) is 0 Å². The summed E-state index contributed by atoms with van der Waals surface area (Å²) in [5.41, 5.74) is 1.14. The van der Waals surface area contributed by atoms with Crippen molar-refractivity contribution in [2.45, 2.75) is 5.41 Å². The highest BCUT2D eigenvalue weighted by Gasteiger charge is 2.43. The van der Waals surface area contributed by atoms with Gasteiger partial charge in [-0.1, -0.05) is 0 Å². The van der Waals surface area contributed by atoms with Crippen molar-refractivity contribution in [1.29, 1.82) is 5.26 Å². The van der Waals surface area contributed by atoms with E-state index in [1.165, 1.54) is 0 Å². The van der Waals surface area contributed by atoms with Gasteiger partial charge in [0.1, 0.15) is 0 Å². The summed E-state index contributed by atoms with van der Waals surface area (Å²) in [6.45, 7) is 0.750. The van der Waals surface area contributed by atoms with Crippen molar-refractivity contribution in [2.24, 2.45) is 0 Å². The maximum atomic E-state index is 9.20. The predicted octanol–water partition coefficient (Wildman–Crippen LogP) is 1.26. The van der Waals surface area contributed by atoms with Crippen LogP contribution in [-0.2, 0) is 10.2 Å². The van der Waals surface area contributed by atoms with E-state index in [2.05, 4.69) is 21.0 Å². The van der Waals surface area contributed by atoms with Crippen molar-refractivity contribution in [3.8, 4) is 17.3 Å². The second-order valence-corrected chi connectivity index (χ2v) is 4.05. The Morgan fingerprint density at radius 2 is 2.29 bits per heavy atom. The number of hydrogen-bond acceptors (Lipinski definition) is 4. The smallest absolute Gasteiger partial charge is 0.163 e. The standard InChI is InChI=1S/C12H10N4O/c13-6-12(7-17-8-12)11-15-4-2-10(16-11)9-1-3-14-5-9/h1-5,14H,7-8H2. The van der Waals surface area contributed by atoms with E-state index < -0.39 is 5.41 Å². The number of nitrogens with zero attached hydrogens (tertiary/aromatic N) is 3. The molecule has 0 aromatic carbocycles. The number of nitriles is 1. The topological polar surface area (TPSA) is 74.6 Å². The van der Waals surface area contributed by atoms with Gasteiger partial charge in [-0.2, -0.15) is 5.26 Å². The van der Waals surface area contributed by atoms with Gasteiger partial charge >= 0.3 is 0 Å². The van der Waals surface area contributed by atoms with Crippen LogP contribution in [0.5, 0.6) is 0 Å². The monoisotopic (exact) mass is 226 g/mol. The van der Waals surface area contributed by atoms with Crippen molar-refractivity contribution in [3.05, 3.63) is 36.5 Å². The summed E-state index contributed by atoms with van der Waals surface area (Å²) in [5, 5.41) is 9.20. The van der Waals surface area contributed by atoms with E-state index in [1.807, 2.05) is 24.5 Å². The molecule has 1 N–H and O–H groups in total. The van der Waals surface area contributed by atoms with Crippen molar-refractivity contribution >= 4 is 0 Å². The molecule has 0 amide bonds. The largest absolute Gasteiger partial charge is 0.377 e. The average Bonchev–Trinajstić information content (AvgIpc) is 2.82. The number of hydrogen-bond donors (Lipinski definition) is 1. The van der Waals surface area contributed by atoms with Crippen LogP contribution < -0.4 is 0 Å². The zero-order chi connectivity index (χ0) is 11.7. The molecule has 0 aliphatic carbocycles. The van der Waals surface area contributed by atoms with Crippen LogP contribution in [0.15, 0.2) is 30.7 Å². The summed E-state index contributed by atoms with van der Waals surface area (Å²) in [7, 11) is 0. The zero-order valence-corrected chi connectivity index (χ0v) is 9.05. The lowest BCUT2D eigenvalue weighted by Gasteiger charge is -2.33. The van der Waals surface area contributed by atoms with Gasteiger partial charge in [-0.25, -0.2) is 9.97 Å². The number of aromatic nitrogens is 3. The molecule has 2 aromatic rings. The van der Waals surface area contributed by atoms with E-state index in [1.54, 1.807) is 6.20 Å². The first kappa shape index (κ1) is 10.00. The first-order valence-corrected chi connectivity index (χ1v) is 5.30. The summed E-state index contributed by atoms with van der Waals surface area (Å²) in [5.74, 6) is 0.546. The van der Waals surface area contributed by atoms with Gasteiger partial charge in [0.25, 0.3) is 0 Å². The molecule has 0 saturated carbocycles. The number of rotatable bonds is 2. The fourth-order valence-corrected chi connectivity index (χ4v) is 1.78. The van der Waals surface area contributed by atoms with Crippen molar-refractivity contribution in [2.75, 3.05) is 13.2 Å². The zero-order valence-electron chi connectivity index (χ0n) is 9.05. The quantitative estimate of drug-likeness (QED) is 0.836. The minimum atomic E-state index is -0.660. The van der Waals surface area contributed by atoms with Gasteiger partial charge in [-0.15, -0.1) is 0 Å². The average molecular weight is 226 g/mol. The SMILES string of the molecule is N#CC1(c2nccc(-c3cc[nH]c3)n2)COC1. The highest BCUT2D eigenvalue weighted by Crippen LogP contribution is 2.30. The van der Waals surface area contributed by atoms with E-state index in [0.29, 0.717) is 19.0 Å². The summed E-state index contributed by atoms with van der Waals surface area (Å²) in [6, 6.07) is 6.01. The molecule has 0 unspecified atom stereocenters. The van der Waals surface area contributed by atoms with Crippen LogP contribution in [0.25, 0.3) is 11.3 Å².